The lowest BCUT2D eigenvalue weighted by Crippen LogP contribution is -2.23. The van der Waals surface area contributed by atoms with Gasteiger partial charge in [0.1, 0.15) is 5.82 Å². The number of benzene rings is 1. The molecule has 1 atom stereocenters. The molecule has 7 heteroatoms. The van der Waals surface area contributed by atoms with E-state index in [9.17, 15) is 4.79 Å². The van der Waals surface area contributed by atoms with Gasteiger partial charge >= 0.3 is 0 Å². The zero-order valence-electron chi connectivity index (χ0n) is 13.2. The monoisotopic (exact) mass is 319 g/mol. The molecule has 0 fully saturated rings. The number of amides is 1. The second kappa shape index (κ2) is 6.83. The molecular formula is C15H21N5OS. The first-order chi connectivity index (χ1) is 10.4. The number of nitrogen functional groups attached to an aromatic ring is 1. The minimum Gasteiger partial charge on any atom is -0.336 e. The van der Waals surface area contributed by atoms with Crippen molar-refractivity contribution < 1.29 is 4.79 Å². The van der Waals surface area contributed by atoms with Crippen LogP contribution in [0, 0.1) is 6.92 Å². The number of nitrogens with two attached hydrogens (primary N) is 1. The van der Waals surface area contributed by atoms with Gasteiger partial charge in [-0.2, -0.15) is 0 Å². The highest BCUT2D eigenvalue weighted by atomic mass is 32.2. The van der Waals surface area contributed by atoms with Gasteiger partial charge < -0.3 is 11.2 Å². The van der Waals surface area contributed by atoms with E-state index in [1.807, 2.05) is 31.2 Å². The predicted octanol–water partition coefficient (Wildman–Crippen LogP) is 2.54. The molecule has 6 nitrogen and oxygen atoms in total. The lowest BCUT2D eigenvalue weighted by Gasteiger charge is -2.12. The Labute approximate surface area is 134 Å². The van der Waals surface area contributed by atoms with Gasteiger partial charge in [-0.05, 0) is 37.5 Å². The van der Waals surface area contributed by atoms with Crippen molar-refractivity contribution in [3.63, 3.8) is 0 Å². The van der Waals surface area contributed by atoms with Crippen molar-refractivity contribution in [1.82, 2.24) is 14.9 Å². The lowest BCUT2D eigenvalue weighted by atomic mass is 10.0. The van der Waals surface area contributed by atoms with Gasteiger partial charge in [0.15, 0.2) is 0 Å². The molecule has 0 radical (unpaired) electrons. The highest BCUT2D eigenvalue weighted by Gasteiger charge is 2.18. The summed E-state index contributed by atoms with van der Waals surface area (Å²) in [5, 5.41) is 10.9. The van der Waals surface area contributed by atoms with Crippen molar-refractivity contribution in [2.75, 3.05) is 11.2 Å². The van der Waals surface area contributed by atoms with Gasteiger partial charge in [0, 0.05) is 5.69 Å². The van der Waals surface area contributed by atoms with Crippen LogP contribution in [0.5, 0.6) is 0 Å². The van der Waals surface area contributed by atoms with Crippen LogP contribution in [0.25, 0.3) is 0 Å². The third kappa shape index (κ3) is 3.79. The Morgan fingerprint density at radius 3 is 2.36 bits per heavy atom. The minimum absolute atomic E-state index is 0.0945. The standard InChI is InChI=1S/C15H21N5OS/c1-9(2)12-5-7-13(8-6-12)17-14(21)10(3)22-15-19-18-11(4)20(15)16/h5-10H,16H2,1-4H3,(H,17,21)/t10-/m1/s1. The summed E-state index contributed by atoms with van der Waals surface area (Å²) in [6.07, 6.45) is 0. The quantitative estimate of drug-likeness (QED) is 0.653. The van der Waals surface area contributed by atoms with Gasteiger partial charge in [0.05, 0.1) is 5.25 Å². The van der Waals surface area contributed by atoms with Crippen LogP contribution in [0.15, 0.2) is 29.4 Å². The number of rotatable bonds is 5. The Hall–Kier alpha value is -2.02. The molecule has 118 valence electrons. The Bertz CT molecular complexity index is 650. The fraction of sp³-hybridized carbons (Fsp3) is 0.400. The smallest absolute Gasteiger partial charge is 0.237 e. The van der Waals surface area contributed by atoms with E-state index in [-0.39, 0.29) is 11.2 Å². The third-order valence-corrected chi connectivity index (χ3v) is 4.39. The molecule has 0 saturated heterocycles. The average Bonchev–Trinajstić information content (AvgIpc) is 2.79. The lowest BCUT2D eigenvalue weighted by molar-refractivity contribution is -0.115. The molecule has 1 aromatic carbocycles. The van der Waals surface area contributed by atoms with Crippen LogP contribution in [0.1, 0.15) is 38.1 Å². The van der Waals surface area contributed by atoms with Crippen LogP contribution in [0.2, 0.25) is 0 Å². The maximum atomic E-state index is 12.2. The van der Waals surface area contributed by atoms with E-state index in [1.54, 1.807) is 6.92 Å². The van der Waals surface area contributed by atoms with Crippen molar-refractivity contribution in [1.29, 1.82) is 0 Å². The molecule has 2 rings (SSSR count). The summed E-state index contributed by atoms with van der Waals surface area (Å²) >= 11 is 1.28. The maximum absolute atomic E-state index is 12.2. The summed E-state index contributed by atoms with van der Waals surface area (Å²) in [5.74, 6) is 6.77. The SMILES string of the molecule is Cc1nnc(S[C@H](C)C(=O)Nc2ccc(C(C)C)cc2)n1N. The van der Waals surface area contributed by atoms with Gasteiger partial charge in [-0.15, -0.1) is 10.2 Å². The molecule has 0 aliphatic carbocycles. The van der Waals surface area contributed by atoms with Crippen LogP contribution in [-0.4, -0.2) is 26.0 Å². The molecule has 0 spiro atoms. The molecule has 22 heavy (non-hydrogen) atoms. The second-order valence-corrected chi connectivity index (χ2v) is 6.73. The third-order valence-electron chi connectivity index (χ3n) is 3.33. The van der Waals surface area contributed by atoms with E-state index in [0.29, 0.717) is 16.9 Å². The first-order valence-electron chi connectivity index (χ1n) is 7.13. The van der Waals surface area contributed by atoms with Crippen molar-refractivity contribution in [3.8, 4) is 0 Å². The number of thioether (sulfide) groups is 1. The molecule has 0 aliphatic heterocycles. The van der Waals surface area contributed by atoms with E-state index in [1.165, 1.54) is 22.0 Å². The van der Waals surface area contributed by atoms with E-state index in [0.717, 1.165) is 5.69 Å². The normalized spacial score (nSPS) is 12.4. The molecule has 0 aliphatic rings. The first-order valence-corrected chi connectivity index (χ1v) is 8.01. The zero-order chi connectivity index (χ0) is 16.3. The Morgan fingerprint density at radius 1 is 1.23 bits per heavy atom. The van der Waals surface area contributed by atoms with Gasteiger partial charge in [-0.3, -0.25) is 4.79 Å². The largest absolute Gasteiger partial charge is 0.336 e. The molecule has 1 amide bonds. The highest BCUT2D eigenvalue weighted by molar-refractivity contribution is 8.00. The van der Waals surface area contributed by atoms with Crippen molar-refractivity contribution in [2.45, 2.75) is 44.0 Å². The highest BCUT2D eigenvalue weighted by Crippen LogP contribution is 2.22. The molecule has 1 aromatic heterocycles. The topological polar surface area (TPSA) is 85.8 Å². The molecule has 3 N–H and O–H groups in total. The minimum atomic E-state index is -0.323. The first kappa shape index (κ1) is 16.4. The Morgan fingerprint density at radius 2 is 1.86 bits per heavy atom. The van der Waals surface area contributed by atoms with Crippen LogP contribution >= 0.6 is 11.8 Å². The summed E-state index contributed by atoms with van der Waals surface area (Å²) in [7, 11) is 0. The number of carbonyl (C=O) groups excluding carboxylic acids is 1. The molecule has 1 heterocycles. The maximum Gasteiger partial charge on any atom is 0.237 e. The van der Waals surface area contributed by atoms with Gasteiger partial charge in [0.25, 0.3) is 0 Å². The van der Waals surface area contributed by atoms with Crippen LogP contribution in [-0.2, 0) is 4.79 Å². The fourth-order valence-electron chi connectivity index (χ4n) is 1.84. The van der Waals surface area contributed by atoms with Crippen LogP contribution < -0.4 is 11.2 Å². The van der Waals surface area contributed by atoms with Crippen LogP contribution in [0.4, 0.5) is 5.69 Å². The summed E-state index contributed by atoms with van der Waals surface area (Å²) in [6, 6.07) is 7.89. The number of aromatic nitrogens is 3. The van der Waals surface area contributed by atoms with Crippen molar-refractivity contribution >= 4 is 23.4 Å². The Balaban J connectivity index is 1.97. The zero-order valence-corrected chi connectivity index (χ0v) is 14.0. The second-order valence-electron chi connectivity index (χ2n) is 5.43. The number of hydrogen-bond acceptors (Lipinski definition) is 5. The van der Waals surface area contributed by atoms with E-state index < -0.39 is 0 Å². The van der Waals surface area contributed by atoms with E-state index in [4.69, 9.17) is 5.84 Å². The number of nitrogens with one attached hydrogen (secondary N) is 1. The van der Waals surface area contributed by atoms with Crippen LogP contribution in [0.3, 0.4) is 0 Å². The number of nitrogens with zero attached hydrogens (tertiary/aromatic N) is 3. The molecule has 0 unspecified atom stereocenters. The summed E-state index contributed by atoms with van der Waals surface area (Å²) in [5.41, 5.74) is 2.03. The summed E-state index contributed by atoms with van der Waals surface area (Å²) in [6.45, 7) is 7.85. The number of carbonyl (C=O) groups is 1. The number of hydrogen-bond donors (Lipinski definition) is 2. The summed E-state index contributed by atoms with van der Waals surface area (Å²) < 4.78 is 1.38. The van der Waals surface area contributed by atoms with Gasteiger partial charge in [-0.25, -0.2) is 4.68 Å². The van der Waals surface area contributed by atoms with Crippen molar-refractivity contribution in [3.05, 3.63) is 35.7 Å². The molecule has 2 aromatic rings. The fourth-order valence-corrected chi connectivity index (χ4v) is 2.65. The number of anilines is 1. The predicted molar refractivity (Wildman–Crippen MR) is 89.4 cm³/mol. The summed E-state index contributed by atoms with van der Waals surface area (Å²) in [4.78, 5) is 12.2. The molecular weight excluding hydrogens is 298 g/mol. The Kier molecular flexibility index (Phi) is 5.07. The molecule has 0 bridgehead atoms. The van der Waals surface area contributed by atoms with Crippen molar-refractivity contribution in [2.24, 2.45) is 0 Å². The average molecular weight is 319 g/mol. The van der Waals surface area contributed by atoms with Gasteiger partial charge in [0.2, 0.25) is 11.1 Å². The number of aryl methyl sites for hydroxylation is 1. The van der Waals surface area contributed by atoms with E-state index >= 15 is 0 Å². The van der Waals surface area contributed by atoms with E-state index in [2.05, 4.69) is 29.4 Å². The van der Waals surface area contributed by atoms with Gasteiger partial charge in [-0.1, -0.05) is 37.7 Å². The molecule has 0 saturated carbocycles.